The molecule has 0 aliphatic rings. The van der Waals surface area contributed by atoms with Crippen LogP contribution in [0.3, 0.4) is 0 Å². The molecular formula is C26H41N5O6. The van der Waals surface area contributed by atoms with Crippen LogP contribution in [-0.2, 0) is 35.3 Å². The molecule has 0 unspecified atom stereocenters. The summed E-state index contributed by atoms with van der Waals surface area (Å²) in [4.78, 5) is 65.7. The van der Waals surface area contributed by atoms with Crippen LogP contribution in [0.4, 0.5) is 0 Å². The zero-order valence-corrected chi connectivity index (χ0v) is 23.0. The van der Waals surface area contributed by atoms with Crippen LogP contribution in [0.25, 0.3) is 0 Å². The summed E-state index contributed by atoms with van der Waals surface area (Å²) in [5, 5.41) is 8.02. The van der Waals surface area contributed by atoms with Crippen molar-refractivity contribution in [1.29, 1.82) is 0 Å². The van der Waals surface area contributed by atoms with E-state index in [0.29, 0.717) is 0 Å². The molecule has 0 aromatic heterocycles. The number of nitrogens with zero attached hydrogens (tertiary/aromatic N) is 2. The first-order valence-electron chi connectivity index (χ1n) is 12.3. The van der Waals surface area contributed by atoms with E-state index in [0.717, 1.165) is 5.56 Å². The number of carbonyl (C=O) groups is 5. The number of rotatable bonds is 13. The van der Waals surface area contributed by atoms with Crippen molar-refractivity contribution in [3.05, 3.63) is 35.9 Å². The molecule has 0 bridgehead atoms. The Balaban J connectivity index is 2.75. The molecule has 0 heterocycles. The second kappa shape index (κ2) is 14.9. The maximum atomic E-state index is 13.2. The van der Waals surface area contributed by atoms with E-state index in [2.05, 4.69) is 16.0 Å². The number of likely N-dealkylation sites (N-methyl/N-ethyl adjacent to an activating group) is 3. The summed E-state index contributed by atoms with van der Waals surface area (Å²) in [7, 11) is 4.60. The van der Waals surface area contributed by atoms with Crippen molar-refractivity contribution in [2.24, 2.45) is 5.92 Å². The Morgan fingerprint density at radius 1 is 0.838 bits per heavy atom. The molecule has 1 aromatic carbocycles. The van der Waals surface area contributed by atoms with E-state index in [-0.39, 0.29) is 25.0 Å². The van der Waals surface area contributed by atoms with E-state index in [1.54, 1.807) is 27.8 Å². The molecule has 0 radical (unpaired) electrons. The van der Waals surface area contributed by atoms with Gasteiger partial charge in [-0.3, -0.25) is 19.2 Å². The number of ether oxygens (including phenoxy) is 1. The molecule has 0 aliphatic heterocycles. The predicted molar refractivity (Wildman–Crippen MR) is 139 cm³/mol. The molecule has 1 aromatic rings. The van der Waals surface area contributed by atoms with E-state index in [1.165, 1.54) is 37.7 Å². The van der Waals surface area contributed by atoms with E-state index in [1.807, 2.05) is 30.3 Å². The van der Waals surface area contributed by atoms with E-state index in [9.17, 15) is 24.0 Å². The van der Waals surface area contributed by atoms with Crippen molar-refractivity contribution in [2.75, 3.05) is 27.7 Å². The Bertz CT molecular complexity index is 939. The molecule has 37 heavy (non-hydrogen) atoms. The number of carbonyl (C=O) groups excluding carboxylic acids is 5. The zero-order valence-electron chi connectivity index (χ0n) is 23.0. The van der Waals surface area contributed by atoms with Gasteiger partial charge in [0.25, 0.3) is 0 Å². The normalized spacial score (nSPS) is 14.1. The van der Waals surface area contributed by atoms with Gasteiger partial charge in [0, 0.05) is 14.1 Å². The molecule has 0 fully saturated rings. The van der Waals surface area contributed by atoms with Gasteiger partial charge in [0.15, 0.2) is 0 Å². The molecule has 0 saturated heterocycles. The van der Waals surface area contributed by atoms with Gasteiger partial charge in [-0.1, -0.05) is 44.2 Å². The molecule has 3 N–H and O–H groups in total. The van der Waals surface area contributed by atoms with Crippen LogP contribution in [0.5, 0.6) is 0 Å². The fourth-order valence-electron chi connectivity index (χ4n) is 3.29. The Morgan fingerprint density at radius 3 is 1.92 bits per heavy atom. The lowest BCUT2D eigenvalue weighted by atomic mass is 10.0. The highest BCUT2D eigenvalue weighted by Crippen LogP contribution is 2.10. The van der Waals surface area contributed by atoms with E-state index >= 15 is 0 Å². The van der Waals surface area contributed by atoms with Crippen LogP contribution >= 0.6 is 0 Å². The number of esters is 1. The van der Waals surface area contributed by atoms with Crippen LogP contribution in [0, 0.1) is 5.92 Å². The maximum absolute atomic E-state index is 13.2. The summed E-state index contributed by atoms with van der Waals surface area (Å²) in [5.74, 6) is -2.65. The van der Waals surface area contributed by atoms with Gasteiger partial charge in [0.1, 0.15) is 30.8 Å². The lowest BCUT2D eigenvalue weighted by Gasteiger charge is -2.32. The lowest BCUT2D eigenvalue weighted by molar-refractivity contribution is -0.149. The summed E-state index contributed by atoms with van der Waals surface area (Å²) in [6.07, 6.45) is 0. The molecule has 11 heteroatoms. The van der Waals surface area contributed by atoms with Crippen LogP contribution in [-0.4, -0.2) is 91.3 Å². The van der Waals surface area contributed by atoms with Crippen molar-refractivity contribution in [3.63, 3.8) is 0 Å². The van der Waals surface area contributed by atoms with Crippen LogP contribution in [0.15, 0.2) is 30.3 Å². The maximum Gasteiger partial charge on any atom is 0.328 e. The van der Waals surface area contributed by atoms with Crippen molar-refractivity contribution < 1.29 is 28.7 Å². The molecule has 0 saturated carbocycles. The lowest BCUT2D eigenvalue weighted by Crippen LogP contribution is -2.58. The van der Waals surface area contributed by atoms with Crippen molar-refractivity contribution >= 4 is 29.6 Å². The minimum Gasteiger partial charge on any atom is -0.459 e. The first-order chi connectivity index (χ1) is 17.3. The second-order valence-electron chi connectivity index (χ2n) is 9.39. The molecule has 4 amide bonds. The third-order valence-electron chi connectivity index (χ3n) is 6.16. The summed E-state index contributed by atoms with van der Waals surface area (Å²) in [6, 6.07) is 5.59. The highest BCUT2D eigenvalue weighted by Gasteiger charge is 2.34. The molecule has 11 nitrogen and oxygen atoms in total. The quantitative estimate of drug-likeness (QED) is 0.319. The SMILES string of the molecule is CNCC(=O)N(C)[C@@H](C)C(=O)N[C@H](C(=O)N(C)[C@@H](C)C(=O)N[C@@H](C)C(=O)OCc1ccccc1)C(C)C. The number of benzene rings is 1. The average molecular weight is 520 g/mol. The first-order valence-corrected chi connectivity index (χ1v) is 12.3. The molecule has 206 valence electrons. The molecule has 4 atom stereocenters. The van der Waals surface area contributed by atoms with Crippen LogP contribution in [0.2, 0.25) is 0 Å². The van der Waals surface area contributed by atoms with Crippen LogP contribution < -0.4 is 16.0 Å². The predicted octanol–water partition coefficient (Wildman–Crippen LogP) is 0.289. The topological polar surface area (TPSA) is 137 Å². The number of nitrogens with one attached hydrogen (secondary N) is 3. The number of hydrogen-bond acceptors (Lipinski definition) is 7. The smallest absolute Gasteiger partial charge is 0.328 e. The fraction of sp³-hybridized carbons (Fsp3) is 0.577. The summed E-state index contributed by atoms with van der Waals surface area (Å²) in [5.41, 5.74) is 0.821. The summed E-state index contributed by atoms with van der Waals surface area (Å²) in [6.45, 7) is 8.31. The minimum absolute atomic E-state index is 0.0776. The van der Waals surface area contributed by atoms with Crippen LogP contribution in [0.1, 0.15) is 40.2 Å². The van der Waals surface area contributed by atoms with E-state index < -0.39 is 47.9 Å². The third-order valence-corrected chi connectivity index (χ3v) is 6.16. The standard InChI is InChI=1S/C26H41N5O6/c1-16(2)22(29-24(34)18(4)30(7)21(32)14-27-6)25(35)31(8)19(5)23(33)28-17(3)26(36)37-15-20-12-10-9-11-13-20/h9-13,16-19,22,27H,14-15H2,1-8H3,(H,28,33)(H,29,34)/t17-,18-,19-,22-/m0/s1. The number of hydrogen-bond donors (Lipinski definition) is 3. The van der Waals surface area contributed by atoms with Gasteiger partial charge in [0.2, 0.25) is 23.6 Å². The Kier molecular flexibility index (Phi) is 12.7. The Labute approximate surface area is 219 Å². The van der Waals surface area contributed by atoms with Gasteiger partial charge >= 0.3 is 5.97 Å². The molecule has 1 rings (SSSR count). The molecule has 0 aliphatic carbocycles. The zero-order chi connectivity index (χ0) is 28.3. The van der Waals surface area contributed by atoms with Gasteiger partial charge in [-0.05, 0) is 39.3 Å². The molecular weight excluding hydrogens is 478 g/mol. The van der Waals surface area contributed by atoms with Crippen molar-refractivity contribution in [2.45, 2.75) is 65.4 Å². The van der Waals surface area contributed by atoms with Gasteiger partial charge in [0.05, 0.1) is 6.54 Å². The van der Waals surface area contributed by atoms with Gasteiger partial charge in [-0.25, -0.2) is 4.79 Å². The van der Waals surface area contributed by atoms with Gasteiger partial charge in [-0.2, -0.15) is 0 Å². The molecule has 0 spiro atoms. The van der Waals surface area contributed by atoms with Gasteiger partial charge in [-0.15, -0.1) is 0 Å². The summed E-state index contributed by atoms with van der Waals surface area (Å²) < 4.78 is 5.25. The van der Waals surface area contributed by atoms with Crippen molar-refractivity contribution in [3.8, 4) is 0 Å². The van der Waals surface area contributed by atoms with Crippen molar-refractivity contribution in [1.82, 2.24) is 25.8 Å². The van der Waals surface area contributed by atoms with E-state index in [4.69, 9.17) is 4.74 Å². The first kappa shape index (κ1) is 31.6. The number of amides is 4. The monoisotopic (exact) mass is 519 g/mol. The second-order valence-corrected chi connectivity index (χ2v) is 9.39. The average Bonchev–Trinajstić information content (AvgIpc) is 2.88. The Morgan fingerprint density at radius 2 is 1.38 bits per heavy atom. The minimum atomic E-state index is -0.924. The largest absolute Gasteiger partial charge is 0.459 e. The van der Waals surface area contributed by atoms with Gasteiger partial charge < -0.3 is 30.5 Å². The fourth-order valence-corrected chi connectivity index (χ4v) is 3.29. The summed E-state index contributed by atoms with van der Waals surface area (Å²) >= 11 is 0. The Hall–Kier alpha value is -3.47. The third kappa shape index (κ3) is 9.49. The highest BCUT2D eigenvalue weighted by atomic mass is 16.5. The highest BCUT2D eigenvalue weighted by molar-refractivity contribution is 5.95.